The third-order valence-electron chi connectivity index (χ3n) is 3.77. The Bertz CT molecular complexity index is 547. The Morgan fingerprint density at radius 3 is 2.30 bits per heavy atom. The molecular weight excluding hydrogens is 292 g/mol. The lowest BCUT2D eigenvalue weighted by Gasteiger charge is -2.38. The number of nitrogens with zero attached hydrogens (tertiary/aromatic N) is 1. The van der Waals surface area contributed by atoms with Gasteiger partial charge in [0, 0.05) is 11.4 Å². The van der Waals surface area contributed by atoms with E-state index in [1.807, 2.05) is 0 Å². The molecule has 0 atom stereocenters. The van der Waals surface area contributed by atoms with E-state index in [9.17, 15) is 8.42 Å². The van der Waals surface area contributed by atoms with Crippen molar-refractivity contribution >= 4 is 21.2 Å². The molecule has 1 aromatic heterocycles. The van der Waals surface area contributed by atoms with Crippen LogP contribution in [0.4, 0.5) is 0 Å². The zero-order valence-corrected chi connectivity index (χ0v) is 14.3. The zero-order valence-electron chi connectivity index (χ0n) is 12.6. The van der Waals surface area contributed by atoms with Gasteiger partial charge in [0.25, 0.3) is 0 Å². The van der Waals surface area contributed by atoms with Crippen LogP contribution < -0.4 is 5.32 Å². The Morgan fingerprint density at radius 1 is 1.25 bits per heavy atom. The highest BCUT2D eigenvalue weighted by atomic mass is 32.2. The van der Waals surface area contributed by atoms with Gasteiger partial charge in [0.05, 0.1) is 22.7 Å². The molecule has 0 bridgehead atoms. The van der Waals surface area contributed by atoms with Gasteiger partial charge < -0.3 is 5.32 Å². The van der Waals surface area contributed by atoms with Crippen LogP contribution in [0, 0.1) is 0 Å². The molecule has 1 aliphatic rings. The minimum absolute atomic E-state index is 0.253. The molecule has 0 unspecified atom stereocenters. The highest BCUT2D eigenvalue weighted by Crippen LogP contribution is 2.37. The van der Waals surface area contributed by atoms with Crippen molar-refractivity contribution in [2.45, 2.75) is 58.0 Å². The van der Waals surface area contributed by atoms with Gasteiger partial charge in [-0.05, 0) is 32.6 Å². The summed E-state index contributed by atoms with van der Waals surface area (Å²) in [7, 11) is -2.87. The average Bonchev–Trinajstić information content (AvgIpc) is 2.82. The fourth-order valence-corrected chi connectivity index (χ4v) is 5.36. The second kappa shape index (κ2) is 5.73. The molecule has 0 radical (unpaired) electrons. The standard InChI is InChI=1S/C14H24N2O2S2/c1-10(2)12-9-19-13(15-12)14(16-11(3)4)5-7-20(17,18)8-6-14/h9-11,16H,5-8H2,1-4H3. The summed E-state index contributed by atoms with van der Waals surface area (Å²) in [6, 6.07) is 0.308. The van der Waals surface area contributed by atoms with Crippen LogP contribution in [0.25, 0.3) is 0 Å². The summed E-state index contributed by atoms with van der Waals surface area (Å²) in [5, 5.41) is 6.74. The normalized spacial score (nSPS) is 21.5. The van der Waals surface area contributed by atoms with Gasteiger partial charge in [-0.25, -0.2) is 13.4 Å². The van der Waals surface area contributed by atoms with Crippen LogP contribution in [0.15, 0.2) is 5.38 Å². The zero-order chi connectivity index (χ0) is 15.0. The van der Waals surface area contributed by atoms with Crippen molar-refractivity contribution in [2.75, 3.05) is 11.5 Å². The van der Waals surface area contributed by atoms with Gasteiger partial charge in [0.15, 0.2) is 0 Å². The summed E-state index contributed by atoms with van der Waals surface area (Å²) in [6.07, 6.45) is 1.25. The number of thiazole rings is 1. The van der Waals surface area contributed by atoms with E-state index in [2.05, 4.69) is 38.4 Å². The van der Waals surface area contributed by atoms with Crippen molar-refractivity contribution in [3.05, 3.63) is 16.1 Å². The molecule has 114 valence electrons. The lowest BCUT2D eigenvalue weighted by molar-refractivity contribution is 0.275. The Balaban J connectivity index is 2.32. The molecule has 0 saturated carbocycles. The molecule has 0 aliphatic carbocycles. The fraction of sp³-hybridized carbons (Fsp3) is 0.786. The van der Waals surface area contributed by atoms with Crippen molar-refractivity contribution in [3.8, 4) is 0 Å². The summed E-state index contributed by atoms with van der Waals surface area (Å²) >= 11 is 1.66. The van der Waals surface area contributed by atoms with Crippen LogP contribution in [0.2, 0.25) is 0 Å². The molecule has 1 aliphatic heterocycles. The number of hydrogen-bond acceptors (Lipinski definition) is 5. The smallest absolute Gasteiger partial charge is 0.150 e. The quantitative estimate of drug-likeness (QED) is 0.928. The maximum absolute atomic E-state index is 11.7. The minimum atomic E-state index is -2.87. The van der Waals surface area contributed by atoms with E-state index in [0.29, 0.717) is 24.8 Å². The lowest BCUT2D eigenvalue weighted by atomic mass is 9.92. The minimum Gasteiger partial charge on any atom is -0.303 e. The Morgan fingerprint density at radius 2 is 1.85 bits per heavy atom. The molecule has 0 spiro atoms. The number of sulfone groups is 1. The van der Waals surface area contributed by atoms with E-state index in [1.165, 1.54) is 0 Å². The Labute approximate surface area is 125 Å². The third kappa shape index (κ3) is 3.40. The molecule has 6 heteroatoms. The summed E-state index contributed by atoms with van der Waals surface area (Å²) < 4.78 is 23.4. The molecule has 2 heterocycles. The molecule has 1 saturated heterocycles. The van der Waals surface area contributed by atoms with Crippen LogP contribution in [-0.2, 0) is 15.4 Å². The fourth-order valence-electron chi connectivity index (χ4n) is 2.63. The molecule has 1 aromatic rings. The van der Waals surface area contributed by atoms with Gasteiger partial charge in [-0.1, -0.05) is 13.8 Å². The van der Waals surface area contributed by atoms with Gasteiger partial charge in [-0.3, -0.25) is 0 Å². The van der Waals surface area contributed by atoms with Crippen molar-refractivity contribution in [1.29, 1.82) is 0 Å². The summed E-state index contributed by atoms with van der Waals surface area (Å²) in [5.41, 5.74) is 0.834. The van der Waals surface area contributed by atoms with Gasteiger partial charge in [-0.15, -0.1) is 11.3 Å². The largest absolute Gasteiger partial charge is 0.303 e. The second-order valence-electron chi connectivity index (χ2n) is 6.27. The van der Waals surface area contributed by atoms with Crippen molar-refractivity contribution in [3.63, 3.8) is 0 Å². The van der Waals surface area contributed by atoms with E-state index < -0.39 is 9.84 Å². The van der Waals surface area contributed by atoms with Crippen molar-refractivity contribution in [1.82, 2.24) is 10.3 Å². The van der Waals surface area contributed by atoms with Crippen LogP contribution in [0.1, 0.15) is 57.2 Å². The van der Waals surface area contributed by atoms with Gasteiger partial charge in [0.1, 0.15) is 14.8 Å². The monoisotopic (exact) mass is 316 g/mol. The SMILES string of the molecule is CC(C)NC1(c2nc(C(C)C)cs2)CCS(=O)(=O)CC1. The topological polar surface area (TPSA) is 59.1 Å². The molecule has 0 amide bonds. The summed E-state index contributed by atoms with van der Waals surface area (Å²) in [5.74, 6) is 0.913. The summed E-state index contributed by atoms with van der Waals surface area (Å²) in [4.78, 5) is 4.77. The van der Waals surface area contributed by atoms with Crippen molar-refractivity contribution < 1.29 is 8.42 Å². The summed E-state index contributed by atoms with van der Waals surface area (Å²) in [6.45, 7) is 8.46. The highest BCUT2D eigenvalue weighted by molar-refractivity contribution is 7.91. The Hall–Kier alpha value is -0.460. The number of nitrogens with one attached hydrogen (secondary N) is 1. The first-order chi connectivity index (χ1) is 9.24. The number of aromatic nitrogens is 1. The van der Waals surface area contributed by atoms with E-state index in [0.717, 1.165) is 10.7 Å². The molecule has 20 heavy (non-hydrogen) atoms. The van der Waals surface area contributed by atoms with Crippen molar-refractivity contribution in [2.24, 2.45) is 0 Å². The van der Waals surface area contributed by atoms with Crippen LogP contribution in [0.5, 0.6) is 0 Å². The molecule has 1 N–H and O–H groups in total. The second-order valence-corrected chi connectivity index (χ2v) is 9.43. The van der Waals surface area contributed by atoms with Crippen LogP contribution in [-0.4, -0.2) is 30.9 Å². The lowest BCUT2D eigenvalue weighted by Crippen LogP contribution is -2.50. The molecular formula is C14H24N2O2S2. The van der Waals surface area contributed by atoms with E-state index in [-0.39, 0.29) is 17.0 Å². The molecule has 2 rings (SSSR count). The predicted molar refractivity (Wildman–Crippen MR) is 84.0 cm³/mol. The Kier molecular flexibility index (Phi) is 4.56. The van der Waals surface area contributed by atoms with E-state index in [4.69, 9.17) is 4.98 Å². The highest BCUT2D eigenvalue weighted by Gasteiger charge is 2.41. The molecule has 0 aromatic carbocycles. The van der Waals surface area contributed by atoms with Gasteiger partial charge >= 0.3 is 0 Å². The first kappa shape index (κ1) is 15.9. The first-order valence-corrected chi connectivity index (χ1v) is 9.88. The molecule has 4 nitrogen and oxygen atoms in total. The number of rotatable bonds is 4. The van der Waals surface area contributed by atoms with Gasteiger partial charge in [0.2, 0.25) is 0 Å². The van der Waals surface area contributed by atoms with E-state index >= 15 is 0 Å². The van der Waals surface area contributed by atoms with Crippen LogP contribution in [0.3, 0.4) is 0 Å². The maximum Gasteiger partial charge on any atom is 0.150 e. The number of hydrogen-bond donors (Lipinski definition) is 1. The maximum atomic E-state index is 11.7. The first-order valence-electron chi connectivity index (χ1n) is 7.18. The van der Waals surface area contributed by atoms with Gasteiger partial charge in [-0.2, -0.15) is 0 Å². The predicted octanol–water partition coefficient (Wildman–Crippen LogP) is 2.67. The van der Waals surface area contributed by atoms with Crippen LogP contribution >= 0.6 is 11.3 Å². The third-order valence-corrected chi connectivity index (χ3v) is 6.48. The van der Waals surface area contributed by atoms with E-state index in [1.54, 1.807) is 11.3 Å². The average molecular weight is 316 g/mol. The molecule has 1 fully saturated rings.